The van der Waals surface area contributed by atoms with E-state index in [0.717, 1.165) is 44.9 Å². The van der Waals surface area contributed by atoms with Crippen molar-refractivity contribution in [3.8, 4) is 0 Å². The van der Waals surface area contributed by atoms with Crippen LogP contribution < -0.4 is 5.32 Å². The van der Waals surface area contributed by atoms with E-state index in [1.165, 1.54) is 340 Å². The number of rotatable bonds is 75. The maximum Gasteiger partial charge on any atom is 0.220 e. The lowest BCUT2D eigenvalue weighted by Crippen LogP contribution is -2.66. The number of amides is 1. The third-order valence-corrected chi connectivity index (χ3v) is 23.2. The van der Waals surface area contributed by atoms with E-state index in [2.05, 4.69) is 19.2 Å². The molecule has 0 radical (unpaired) electrons. The van der Waals surface area contributed by atoms with Crippen molar-refractivity contribution in [2.75, 3.05) is 26.4 Å². The second-order valence-electron chi connectivity index (χ2n) is 32.8. The van der Waals surface area contributed by atoms with Crippen molar-refractivity contribution in [2.45, 2.75) is 523 Å². The Kier molecular flexibility index (Phi) is 63.7. The largest absolute Gasteiger partial charge is 0.394 e. The van der Waals surface area contributed by atoms with Crippen LogP contribution >= 0.6 is 0 Å². The number of carbonyl (C=O) groups is 1. The van der Waals surface area contributed by atoms with Gasteiger partial charge < -0.3 is 89.9 Å². The van der Waals surface area contributed by atoms with Gasteiger partial charge in [-0.3, -0.25) is 4.79 Å². The van der Waals surface area contributed by atoms with Gasteiger partial charge in [0, 0.05) is 6.42 Å². The summed E-state index contributed by atoms with van der Waals surface area (Å²) in [6.45, 7) is 1.88. The number of hydrogen-bond donors (Lipinski definition) is 12. The Morgan fingerprint density at radius 3 is 0.821 bits per heavy atom. The number of aliphatic hydroxyl groups excluding tert-OH is 11. The fraction of sp³-hybridized carbons (Fsp3) is 0.989. The first kappa shape index (κ1) is 99.0. The van der Waals surface area contributed by atoms with E-state index in [-0.39, 0.29) is 18.9 Å². The standard InChI is InChI=1S/C87H169NO18/c1-3-5-7-9-11-13-15-17-19-21-23-25-26-27-28-29-30-31-32-33-34-35-36-37-38-39-40-41-42-43-44-45-47-49-51-53-55-57-59-61-63-65-75(93)88-70(71(92)64-62-60-58-56-54-52-50-48-46-24-22-20-18-16-14-12-10-8-6-4-2)69-101-85-81(99)78(96)83(73(67-90)103-85)106-87-82(100)79(97)84(74(68-91)104-87)105-86-80(98)77(95)76(94)72(66-89)102-86/h70-74,76-87,89-92,94-100H,3-69H2,1-2H3,(H,88,93). The summed E-state index contributed by atoms with van der Waals surface area (Å²) < 4.78 is 34.6. The first-order valence-corrected chi connectivity index (χ1v) is 45.3. The predicted octanol–water partition coefficient (Wildman–Crippen LogP) is 16.9. The lowest BCUT2D eigenvalue weighted by atomic mass is 9.96. The summed E-state index contributed by atoms with van der Waals surface area (Å²) in [5.41, 5.74) is 0. The van der Waals surface area contributed by atoms with Crippen LogP contribution in [0.5, 0.6) is 0 Å². The lowest BCUT2D eigenvalue weighted by Gasteiger charge is -2.48. The maximum absolute atomic E-state index is 13.5. The van der Waals surface area contributed by atoms with Gasteiger partial charge in [0.1, 0.15) is 73.2 Å². The van der Waals surface area contributed by atoms with Gasteiger partial charge >= 0.3 is 0 Å². The molecule has 0 saturated carbocycles. The van der Waals surface area contributed by atoms with Crippen molar-refractivity contribution < 1.29 is 89.4 Å². The van der Waals surface area contributed by atoms with Gasteiger partial charge in [0.2, 0.25) is 5.91 Å². The number of ether oxygens (including phenoxy) is 6. The minimum atomic E-state index is -1.97. The summed E-state index contributed by atoms with van der Waals surface area (Å²) >= 11 is 0. The molecule has 0 aliphatic carbocycles. The van der Waals surface area contributed by atoms with Gasteiger partial charge in [0.05, 0.1) is 38.6 Å². The maximum atomic E-state index is 13.5. The molecule has 106 heavy (non-hydrogen) atoms. The second kappa shape index (κ2) is 68.2. The minimum Gasteiger partial charge on any atom is -0.394 e. The normalized spacial score (nSPS) is 25.5. The molecule has 3 rings (SSSR count). The first-order chi connectivity index (χ1) is 51.8. The van der Waals surface area contributed by atoms with Crippen LogP contribution in [0.25, 0.3) is 0 Å². The van der Waals surface area contributed by atoms with Crippen LogP contribution in [-0.2, 0) is 33.2 Å². The van der Waals surface area contributed by atoms with Crippen molar-refractivity contribution in [2.24, 2.45) is 0 Å². The number of carbonyl (C=O) groups excluding carboxylic acids is 1. The van der Waals surface area contributed by atoms with E-state index in [0.29, 0.717) is 12.8 Å². The Hall–Kier alpha value is -1.21. The summed E-state index contributed by atoms with van der Waals surface area (Å²) in [4.78, 5) is 13.5. The Labute approximate surface area is 646 Å². The summed E-state index contributed by atoms with van der Waals surface area (Å²) in [5.74, 6) is -0.231. The molecule has 3 fully saturated rings. The average molecular weight is 1520 g/mol. The van der Waals surface area contributed by atoms with Gasteiger partial charge in [-0.25, -0.2) is 0 Å². The number of nitrogens with one attached hydrogen (secondary N) is 1. The Morgan fingerprint density at radius 2 is 0.538 bits per heavy atom. The van der Waals surface area contributed by atoms with Crippen molar-refractivity contribution in [3.63, 3.8) is 0 Å². The molecule has 3 aliphatic heterocycles. The molecular weight excluding hydrogens is 1350 g/mol. The fourth-order valence-electron chi connectivity index (χ4n) is 16.0. The molecule has 1 amide bonds. The molecule has 0 aromatic heterocycles. The number of hydrogen-bond acceptors (Lipinski definition) is 18. The van der Waals surface area contributed by atoms with Gasteiger partial charge in [0.15, 0.2) is 18.9 Å². The summed E-state index contributed by atoms with van der Waals surface area (Å²) in [6.07, 6.45) is 55.3. The number of aliphatic hydroxyl groups is 11. The Morgan fingerprint density at radius 1 is 0.302 bits per heavy atom. The lowest BCUT2D eigenvalue weighted by molar-refractivity contribution is -0.379. The van der Waals surface area contributed by atoms with Gasteiger partial charge in [-0.2, -0.15) is 0 Å². The molecule has 0 bridgehead atoms. The average Bonchev–Trinajstić information content (AvgIpc) is 0.780. The summed E-state index contributed by atoms with van der Waals surface area (Å²) in [5, 5.41) is 121. The number of unbranched alkanes of at least 4 members (excludes halogenated alkanes) is 59. The van der Waals surface area contributed by atoms with E-state index >= 15 is 0 Å². The summed E-state index contributed by atoms with van der Waals surface area (Å²) in [7, 11) is 0. The predicted molar refractivity (Wildman–Crippen MR) is 425 cm³/mol. The highest BCUT2D eigenvalue weighted by Gasteiger charge is 2.54. The van der Waals surface area contributed by atoms with Crippen LogP contribution in [0.15, 0.2) is 0 Å². The molecule has 17 atom stereocenters. The van der Waals surface area contributed by atoms with Crippen LogP contribution in [0.4, 0.5) is 0 Å². The molecule has 17 unspecified atom stereocenters. The topological polar surface area (TPSA) is 307 Å². The molecule has 630 valence electrons. The highest BCUT2D eigenvalue weighted by Crippen LogP contribution is 2.34. The fourth-order valence-corrected chi connectivity index (χ4v) is 16.0. The van der Waals surface area contributed by atoms with Crippen LogP contribution in [0.1, 0.15) is 418 Å². The zero-order valence-electron chi connectivity index (χ0n) is 68.0. The molecule has 12 N–H and O–H groups in total. The zero-order chi connectivity index (χ0) is 76.7. The Bertz CT molecular complexity index is 1910. The molecule has 0 aromatic carbocycles. The van der Waals surface area contributed by atoms with Crippen molar-refractivity contribution in [1.82, 2.24) is 5.32 Å². The van der Waals surface area contributed by atoms with E-state index < -0.39 is 124 Å². The molecule has 3 saturated heterocycles. The third-order valence-electron chi connectivity index (χ3n) is 23.2. The van der Waals surface area contributed by atoms with E-state index in [4.69, 9.17) is 28.4 Å². The first-order valence-electron chi connectivity index (χ1n) is 45.3. The van der Waals surface area contributed by atoms with Crippen molar-refractivity contribution >= 4 is 5.91 Å². The Balaban J connectivity index is 1.27. The van der Waals surface area contributed by atoms with Crippen molar-refractivity contribution in [3.05, 3.63) is 0 Å². The van der Waals surface area contributed by atoms with E-state index in [9.17, 15) is 61.0 Å². The molecule has 3 heterocycles. The molecular formula is C87H169NO18. The smallest absolute Gasteiger partial charge is 0.220 e. The van der Waals surface area contributed by atoms with Crippen LogP contribution in [0.2, 0.25) is 0 Å². The van der Waals surface area contributed by atoms with E-state index in [1.807, 2.05) is 0 Å². The van der Waals surface area contributed by atoms with Gasteiger partial charge in [-0.1, -0.05) is 399 Å². The van der Waals surface area contributed by atoms with Gasteiger partial charge in [-0.05, 0) is 12.8 Å². The van der Waals surface area contributed by atoms with Crippen molar-refractivity contribution in [1.29, 1.82) is 0 Å². The molecule has 0 aromatic rings. The minimum absolute atomic E-state index is 0.231. The monoisotopic (exact) mass is 1520 g/mol. The molecule has 0 spiro atoms. The van der Waals surface area contributed by atoms with Gasteiger partial charge in [0.25, 0.3) is 0 Å². The van der Waals surface area contributed by atoms with Gasteiger partial charge in [-0.15, -0.1) is 0 Å². The van der Waals surface area contributed by atoms with Crippen LogP contribution in [0, 0.1) is 0 Å². The molecule has 3 aliphatic rings. The molecule has 19 nitrogen and oxygen atoms in total. The van der Waals surface area contributed by atoms with Crippen LogP contribution in [0.3, 0.4) is 0 Å². The SMILES string of the molecule is CCCCCCCCCCCCCCCCCCCCCCCCCCCCCCCCCCCCCCCCCCCC(=O)NC(COC1OC(CO)C(OC2OC(CO)C(OC3OC(CO)C(O)C(O)C3O)C(O)C2O)C(O)C1O)C(O)CCCCCCCCCCCCCCCCCCCCCC. The zero-order valence-corrected chi connectivity index (χ0v) is 68.0. The van der Waals surface area contributed by atoms with E-state index in [1.54, 1.807) is 0 Å². The second-order valence-corrected chi connectivity index (χ2v) is 32.8. The highest BCUT2D eigenvalue weighted by molar-refractivity contribution is 5.76. The quantitative estimate of drug-likeness (QED) is 0.0252. The summed E-state index contributed by atoms with van der Waals surface area (Å²) in [6, 6.07) is -0.884. The third kappa shape index (κ3) is 46.8. The molecule has 19 heteroatoms. The highest BCUT2D eigenvalue weighted by atomic mass is 16.8. The van der Waals surface area contributed by atoms with Crippen LogP contribution in [-0.4, -0.2) is 193 Å².